The van der Waals surface area contributed by atoms with E-state index in [4.69, 9.17) is 9.84 Å². The molecule has 0 aromatic rings. The number of esters is 1. The largest absolute Gasteiger partial charge is 0.480 e. The number of hydrogen-bond acceptors (Lipinski definition) is 11. The number of rotatable bonds is 13. The smallest absolute Gasteiger partial charge is 0.326 e. The normalized spacial score (nSPS) is 29.2. The van der Waals surface area contributed by atoms with E-state index in [1.807, 2.05) is 11.6 Å². The lowest BCUT2D eigenvalue weighted by molar-refractivity contribution is -0.147. The molecule has 0 aromatic heterocycles. The number of hydrogen-bond donors (Lipinski definition) is 6. The van der Waals surface area contributed by atoms with Crippen molar-refractivity contribution >= 4 is 38.3 Å². The Morgan fingerprint density at radius 3 is 1.40 bits per heavy atom. The minimum Gasteiger partial charge on any atom is -0.480 e. The molecule has 3 fully saturated rings. The first kappa shape index (κ1) is 42.3. The second-order valence-electron chi connectivity index (χ2n) is 10.9. The summed E-state index contributed by atoms with van der Waals surface area (Å²) in [4.78, 5) is 33.8. The van der Waals surface area contributed by atoms with E-state index in [1.165, 1.54) is 28.2 Å². The molecule has 0 heterocycles. The van der Waals surface area contributed by atoms with Crippen LogP contribution in [0.15, 0.2) is 38.0 Å². The van der Waals surface area contributed by atoms with Gasteiger partial charge >= 0.3 is 22.1 Å². The average molecular weight is 682 g/mol. The standard InChI is InChI=1S/C9H17N3O3S.C9H15NO2.C7H11NO2.C2H8N2O2S/c1-5-7-6-9(7,10-2)8(13)11-16(14,15)12(3)4;1-4-7-6-9(7,10-3)8(11)12-5-2;1-3-5-4-7(5,8-2)6(9)10;1-4(2)7(3,5)6/h5,7,10H,1,6H2,2-4H3,(H,11,13);4,7,10H,1,5-6H2,2-3H3;3,5,8H,1,4H2,2H3,(H,9,10);1-2H3,(H2,3,5,6)/t2*7-,9-;5-,7-;/m111./s1. The zero-order valence-electron chi connectivity index (χ0n) is 27.4. The lowest BCUT2D eigenvalue weighted by atomic mass is 10.2. The van der Waals surface area contributed by atoms with Gasteiger partial charge in [0.25, 0.3) is 16.1 Å². The van der Waals surface area contributed by atoms with Crippen molar-refractivity contribution in [2.24, 2.45) is 22.9 Å². The predicted molar refractivity (Wildman–Crippen MR) is 172 cm³/mol. The summed E-state index contributed by atoms with van der Waals surface area (Å²) in [6.07, 6.45) is 7.19. The summed E-state index contributed by atoms with van der Waals surface area (Å²) in [6.45, 7) is 13.1. The monoisotopic (exact) mass is 681 g/mol. The number of carboxylic acids is 1. The summed E-state index contributed by atoms with van der Waals surface area (Å²) in [5.74, 6) is -1.14. The molecule has 3 aliphatic carbocycles. The van der Waals surface area contributed by atoms with Gasteiger partial charge in [0, 0.05) is 45.9 Å². The van der Waals surface area contributed by atoms with Crippen LogP contribution in [0.5, 0.6) is 0 Å². The zero-order valence-corrected chi connectivity index (χ0v) is 29.0. The first-order valence-electron chi connectivity index (χ1n) is 13.9. The Balaban J connectivity index is 0.000000598. The molecule has 0 radical (unpaired) electrons. The van der Waals surface area contributed by atoms with E-state index in [0.29, 0.717) is 19.4 Å². The number of nitrogens with zero attached hydrogens (tertiary/aromatic N) is 2. The fourth-order valence-corrected chi connectivity index (χ4v) is 4.80. The molecule has 260 valence electrons. The third kappa shape index (κ3) is 10.7. The molecule has 3 rings (SSSR count). The molecule has 18 heteroatoms. The fourth-order valence-electron chi connectivity index (χ4n) is 4.20. The number of nitrogens with two attached hydrogens (primary N) is 1. The number of ether oxygens (including phenoxy) is 1. The summed E-state index contributed by atoms with van der Waals surface area (Å²) >= 11 is 0. The molecular formula is C27H51N7O9S2. The Morgan fingerprint density at radius 2 is 1.18 bits per heavy atom. The van der Waals surface area contributed by atoms with E-state index in [1.54, 1.807) is 39.4 Å². The molecule has 0 aromatic carbocycles. The molecule has 0 spiro atoms. The second kappa shape index (κ2) is 16.7. The molecule has 6 atom stereocenters. The Kier molecular flexibility index (Phi) is 15.7. The minimum absolute atomic E-state index is 0.0186. The summed E-state index contributed by atoms with van der Waals surface area (Å²) in [5, 5.41) is 21.9. The van der Waals surface area contributed by atoms with Crippen molar-refractivity contribution in [1.82, 2.24) is 29.3 Å². The lowest BCUT2D eigenvalue weighted by Crippen LogP contribution is -2.51. The van der Waals surface area contributed by atoms with Crippen LogP contribution in [-0.4, -0.2) is 121 Å². The van der Waals surface area contributed by atoms with E-state index in [-0.39, 0.29) is 23.7 Å². The highest BCUT2D eigenvalue weighted by atomic mass is 32.2. The quantitative estimate of drug-likeness (QED) is 0.0992. The van der Waals surface area contributed by atoms with Crippen LogP contribution in [0.2, 0.25) is 0 Å². The molecule has 0 bridgehead atoms. The number of aliphatic carboxylic acids is 1. The minimum atomic E-state index is -3.72. The highest BCUT2D eigenvalue weighted by Gasteiger charge is 2.59. The summed E-state index contributed by atoms with van der Waals surface area (Å²) in [5.41, 5.74) is -1.97. The lowest BCUT2D eigenvalue weighted by Gasteiger charge is -2.18. The van der Waals surface area contributed by atoms with Gasteiger partial charge in [0.05, 0.1) is 6.61 Å². The van der Waals surface area contributed by atoms with Crippen LogP contribution in [0.3, 0.4) is 0 Å². The number of likely N-dealkylation sites (N-methyl/N-ethyl adjacent to an activating group) is 3. The van der Waals surface area contributed by atoms with Crippen molar-refractivity contribution in [3.8, 4) is 0 Å². The van der Waals surface area contributed by atoms with Gasteiger partial charge in [-0.3, -0.25) is 14.4 Å². The third-order valence-electron chi connectivity index (χ3n) is 7.87. The van der Waals surface area contributed by atoms with Crippen LogP contribution in [-0.2, 0) is 39.5 Å². The maximum atomic E-state index is 11.8. The molecule has 0 aliphatic heterocycles. The maximum absolute atomic E-state index is 11.8. The molecule has 3 saturated carbocycles. The topological polar surface area (TPSA) is 230 Å². The van der Waals surface area contributed by atoms with E-state index in [0.717, 1.165) is 15.0 Å². The van der Waals surface area contributed by atoms with E-state index < -0.39 is 48.9 Å². The predicted octanol–water partition coefficient (Wildman–Crippen LogP) is -1.23. The molecule has 0 saturated heterocycles. The van der Waals surface area contributed by atoms with Crippen LogP contribution < -0.4 is 25.8 Å². The average Bonchev–Trinajstić information content (AvgIpc) is 3.87. The van der Waals surface area contributed by atoms with Gasteiger partial charge in [-0.1, -0.05) is 18.2 Å². The first-order valence-corrected chi connectivity index (χ1v) is 16.9. The molecule has 45 heavy (non-hydrogen) atoms. The Bertz CT molecular complexity index is 1310. The molecule has 7 N–H and O–H groups in total. The van der Waals surface area contributed by atoms with Crippen molar-refractivity contribution in [1.29, 1.82) is 0 Å². The number of nitrogens with one attached hydrogen (secondary N) is 4. The van der Waals surface area contributed by atoms with Crippen LogP contribution in [0.4, 0.5) is 0 Å². The summed E-state index contributed by atoms with van der Waals surface area (Å²) in [7, 11) is 3.40. The van der Waals surface area contributed by atoms with E-state index in [9.17, 15) is 31.2 Å². The highest BCUT2D eigenvalue weighted by Crippen LogP contribution is 2.45. The van der Waals surface area contributed by atoms with Crippen molar-refractivity contribution in [2.45, 2.75) is 42.8 Å². The van der Waals surface area contributed by atoms with E-state index >= 15 is 0 Å². The second-order valence-corrected chi connectivity index (χ2v) is 14.5. The summed E-state index contributed by atoms with van der Waals surface area (Å²) < 4.78 is 51.9. The van der Waals surface area contributed by atoms with E-state index in [2.05, 4.69) is 40.8 Å². The number of carbonyl (C=O) groups is 3. The zero-order chi connectivity index (χ0) is 35.6. The van der Waals surface area contributed by atoms with Gasteiger partial charge in [-0.05, 0) is 47.3 Å². The molecule has 1 amide bonds. The van der Waals surface area contributed by atoms with Gasteiger partial charge < -0.3 is 25.8 Å². The Morgan fingerprint density at radius 1 is 0.822 bits per heavy atom. The van der Waals surface area contributed by atoms with Gasteiger partial charge in [0.2, 0.25) is 0 Å². The van der Waals surface area contributed by atoms with Crippen LogP contribution >= 0.6 is 0 Å². The van der Waals surface area contributed by atoms with Crippen LogP contribution in [0, 0.1) is 17.8 Å². The highest BCUT2D eigenvalue weighted by molar-refractivity contribution is 7.87. The molecule has 16 nitrogen and oxygen atoms in total. The van der Waals surface area contributed by atoms with Crippen LogP contribution in [0.25, 0.3) is 0 Å². The maximum Gasteiger partial charge on any atom is 0.326 e. The molecule has 3 aliphatic rings. The number of carbonyl (C=O) groups excluding carboxylic acids is 2. The number of amides is 1. The third-order valence-corrected chi connectivity index (χ3v) is 10.3. The Hall–Kier alpha value is -2.71. The SMILES string of the molecule is C=C[C@@H]1C[C@]1(NC)C(=O)NS(=O)(=O)N(C)C.C=C[C@@H]1C[C@]1(NC)C(=O)O.C=C[C@@H]1C[C@]1(NC)C(=O)OCC.CN(C)S(N)(=O)=O. The molecule has 0 unspecified atom stereocenters. The van der Waals surface area contributed by atoms with Gasteiger partial charge in [-0.25, -0.2) is 9.86 Å². The Labute approximate surface area is 267 Å². The van der Waals surface area contributed by atoms with Crippen molar-refractivity contribution in [3.63, 3.8) is 0 Å². The van der Waals surface area contributed by atoms with Gasteiger partial charge in [-0.2, -0.15) is 25.4 Å². The summed E-state index contributed by atoms with van der Waals surface area (Å²) in [6, 6.07) is 0. The van der Waals surface area contributed by atoms with Crippen molar-refractivity contribution in [2.75, 3.05) is 55.9 Å². The first-order chi connectivity index (χ1) is 20.6. The van der Waals surface area contributed by atoms with Gasteiger partial charge in [0.15, 0.2) is 0 Å². The molecular weight excluding hydrogens is 630 g/mol. The van der Waals surface area contributed by atoms with Gasteiger partial charge in [0.1, 0.15) is 16.6 Å². The fraction of sp³-hybridized carbons (Fsp3) is 0.667. The van der Waals surface area contributed by atoms with Gasteiger partial charge in [-0.15, -0.1) is 19.7 Å². The van der Waals surface area contributed by atoms with Crippen LogP contribution in [0.1, 0.15) is 26.2 Å². The van der Waals surface area contributed by atoms with Crippen molar-refractivity contribution in [3.05, 3.63) is 38.0 Å². The number of carboxylic acid groups (broad SMARTS) is 1. The van der Waals surface area contributed by atoms with Crippen molar-refractivity contribution < 1.29 is 41.1 Å².